The van der Waals surface area contributed by atoms with E-state index in [1.807, 2.05) is 30.3 Å². The first-order chi connectivity index (χ1) is 13.0. The molecule has 1 aromatic heterocycles. The number of carbonyl (C=O) groups excluding carboxylic acids is 2. The molecule has 0 unspecified atom stereocenters. The van der Waals surface area contributed by atoms with Crippen molar-refractivity contribution in [3.8, 4) is 0 Å². The molecule has 27 heavy (non-hydrogen) atoms. The zero-order valence-corrected chi connectivity index (χ0v) is 17.1. The lowest BCUT2D eigenvalue weighted by Gasteiger charge is -2.09. The van der Waals surface area contributed by atoms with Crippen LogP contribution < -0.4 is 10.6 Å². The van der Waals surface area contributed by atoms with Gasteiger partial charge < -0.3 is 0 Å². The van der Waals surface area contributed by atoms with Crippen LogP contribution in [0.5, 0.6) is 0 Å². The molecule has 3 amide bonds. The second-order valence-electron chi connectivity index (χ2n) is 5.56. The monoisotopic (exact) mass is 488 g/mol. The predicted octanol–water partition coefficient (Wildman–Crippen LogP) is 4.55. The third-order valence-electron chi connectivity index (χ3n) is 3.59. The zero-order valence-electron chi connectivity index (χ0n) is 13.9. The van der Waals surface area contributed by atoms with Gasteiger partial charge in [0.1, 0.15) is 0 Å². The first-order valence-corrected chi connectivity index (χ1v) is 9.52. The third-order valence-corrected chi connectivity index (χ3v) is 4.91. The van der Waals surface area contributed by atoms with Crippen molar-refractivity contribution >= 4 is 49.6 Å². The lowest BCUT2D eigenvalue weighted by atomic mass is 10.1. The first-order valence-electron chi connectivity index (χ1n) is 7.94. The summed E-state index contributed by atoms with van der Waals surface area (Å²) in [4.78, 5) is 32.8. The maximum Gasteiger partial charge on any atom is 0.327 e. The normalized spacial score (nSPS) is 10.3. The SMILES string of the molecule is O=C(NC(=O)c1c(Br)cccc1Br)Nc1cnc(Cc2ccccc2)cn1. The summed E-state index contributed by atoms with van der Waals surface area (Å²) < 4.78 is 1.15. The Labute approximate surface area is 172 Å². The molecule has 0 aliphatic rings. The average Bonchev–Trinajstić information content (AvgIpc) is 2.64. The molecular weight excluding hydrogens is 476 g/mol. The van der Waals surface area contributed by atoms with Crippen molar-refractivity contribution in [2.75, 3.05) is 5.32 Å². The van der Waals surface area contributed by atoms with Crippen molar-refractivity contribution in [3.05, 3.63) is 86.7 Å². The number of halogens is 2. The average molecular weight is 490 g/mol. The van der Waals surface area contributed by atoms with E-state index in [0.717, 1.165) is 11.3 Å². The molecule has 0 aliphatic heterocycles. The van der Waals surface area contributed by atoms with Crippen LogP contribution in [0.15, 0.2) is 69.9 Å². The summed E-state index contributed by atoms with van der Waals surface area (Å²) >= 11 is 6.59. The van der Waals surface area contributed by atoms with Crippen LogP contribution in [0.1, 0.15) is 21.6 Å². The molecule has 0 saturated heterocycles. The Kier molecular flexibility index (Phi) is 6.31. The molecular formula is C19H14Br2N4O2. The van der Waals surface area contributed by atoms with Crippen LogP contribution >= 0.6 is 31.9 Å². The fourth-order valence-corrected chi connectivity index (χ4v) is 3.70. The van der Waals surface area contributed by atoms with Crippen molar-refractivity contribution in [3.63, 3.8) is 0 Å². The maximum atomic E-state index is 12.3. The van der Waals surface area contributed by atoms with Gasteiger partial charge >= 0.3 is 6.03 Å². The molecule has 0 fully saturated rings. The van der Waals surface area contributed by atoms with Crippen LogP contribution in [0.2, 0.25) is 0 Å². The Balaban J connectivity index is 1.60. The summed E-state index contributed by atoms with van der Waals surface area (Å²) in [5, 5.41) is 4.76. The molecule has 3 aromatic rings. The molecule has 2 N–H and O–H groups in total. The van der Waals surface area contributed by atoms with Crippen LogP contribution in [0.3, 0.4) is 0 Å². The van der Waals surface area contributed by atoms with Crippen LogP contribution in [0.25, 0.3) is 0 Å². The fourth-order valence-electron chi connectivity index (χ4n) is 2.34. The molecule has 0 spiro atoms. The maximum absolute atomic E-state index is 12.3. The summed E-state index contributed by atoms with van der Waals surface area (Å²) in [6, 6.07) is 14.4. The van der Waals surface area contributed by atoms with Gasteiger partial charge in [0, 0.05) is 15.4 Å². The van der Waals surface area contributed by atoms with Gasteiger partial charge in [-0.3, -0.25) is 20.4 Å². The Morgan fingerprint density at radius 2 is 1.59 bits per heavy atom. The smallest absolute Gasteiger partial charge is 0.291 e. The van der Waals surface area contributed by atoms with Crippen LogP contribution in [-0.4, -0.2) is 21.9 Å². The highest BCUT2D eigenvalue weighted by molar-refractivity contribution is 9.11. The van der Waals surface area contributed by atoms with Gasteiger partial charge in [-0.05, 0) is 49.6 Å². The molecule has 0 atom stereocenters. The quantitative estimate of drug-likeness (QED) is 0.562. The van der Waals surface area contributed by atoms with E-state index in [2.05, 4.69) is 52.5 Å². The first kappa shape index (κ1) is 19.2. The number of nitrogens with zero attached hydrogens (tertiary/aromatic N) is 2. The van der Waals surface area contributed by atoms with Gasteiger partial charge in [-0.15, -0.1) is 0 Å². The Hall–Kier alpha value is -2.58. The summed E-state index contributed by atoms with van der Waals surface area (Å²) in [5.74, 6) is -0.288. The number of imide groups is 1. The number of aromatic nitrogens is 2. The number of hydrogen-bond acceptors (Lipinski definition) is 4. The highest BCUT2D eigenvalue weighted by atomic mass is 79.9. The molecule has 2 aromatic carbocycles. The molecule has 0 radical (unpaired) electrons. The second kappa shape index (κ2) is 8.88. The Bertz CT molecular complexity index is 943. The number of benzene rings is 2. The van der Waals surface area contributed by atoms with Crippen LogP contribution in [-0.2, 0) is 6.42 Å². The van der Waals surface area contributed by atoms with Crippen molar-refractivity contribution < 1.29 is 9.59 Å². The Morgan fingerprint density at radius 1 is 0.889 bits per heavy atom. The molecule has 8 heteroatoms. The number of urea groups is 1. The van der Waals surface area contributed by atoms with Gasteiger partial charge in [0.25, 0.3) is 5.91 Å². The van der Waals surface area contributed by atoms with E-state index in [4.69, 9.17) is 0 Å². The van der Waals surface area contributed by atoms with Crippen LogP contribution in [0, 0.1) is 0 Å². The summed E-state index contributed by atoms with van der Waals surface area (Å²) in [7, 11) is 0. The van der Waals surface area contributed by atoms with E-state index in [1.165, 1.54) is 6.20 Å². The highest BCUT2D eigenvalue weighted by Crippen LogP contribution is 2.24. The van der Waals surface area contributed by atoms with E-state index >= 15 is 0 Å². The zero-order chi connectivity index (χ0) is 19.2. The van der Waals surface area contributed by atoms with Gasteiger partial charge in [-0.1, -0.05) is 36.4 Å². The van der Waals surface area contributed by atoms with Gasteiger partial charge in [-0.2, -0.15) is 0 Å². The summed E-state index contributed by atoms with van der Waals surface area (Å²) in [5.41, 5.74) is 2.23. The number of nitrogens with one attached hydrogen (secondary N) is 2. The lowest BCUT2D eigenvalue weighted by Crippen LogP contribution is -2.35. The molecule has 3 rings (SSSR count). The van der Waals surface area contributed by atoms with E-state index < -0.39 is 11.9 Å². The van der Waals surface area contributed by atoms with Gasteiger partial charge in [-0.25, -0.2) is 9.78 Å². The standard InChI is InChI=1S/C19H14Br2N4O2/c20-14-7-4-8-15(21)17(14)18(26)25-19(27)24-16-11-22-13(10-23-16)9-12-5-2-1-3-6-12/h1-8,10-11H,9H2,(H2,23,24,25,26,27). The van der Waals surface area contributed by atoms with E-state index in [1.54, 1.807) is 24.4 Å². The number of hydrogen-bond donors (Lipinski definition) is 2. The van der Waals surface area contributed by atoms with Gasteiger partial charge in [0.15, 0.2) is 5.82 Å². The minimum Gasteiger partial charge on any atom is -0.291 e. The molecule has 0 aliphatic carbocycles. The van der Waals surface area contributed by atoms with E-state index in [9.17, 15) is 9.59 Å². The van der Waals surface area contributed by atoms with E-state index in [-0.39, 0.29) is 5.82 Å². The molecule has 6 nitrogen and oxygen atoms in total. The van der Waals surface area contributed by atoms with Crippen molar-refractivity contribution in [2.45, 2.75) is 6.42 Å². The number of anilines is 1. The predicted molar refractivity (Wildman–Crippen MR) is 110 cm³/mol. The van der Waals surface area contributed by atoms with Crippen molar-refractivity contribution in [1.82, 2.24) is 15.3 Å². The molecule has 0 saturated carbocycles. The van der Waals surface area contributed by atoms with Crippen molar-refractivity contribution in [2.24, 2.45) is 0 Å². The lowest BCUT2D eigenvalue weighted by molar-refractivity contribution is 0.0965. The summed E-state index contributed by atoms with van der Waals surface area (Å²) in [6.45, 7) is 0. The second-order valence-corrected chi connectivity index (χ2v) is 7.27. The number of amides is 3. The Morgan fingerprint density at radius 3 is 2.22 bits per heavy atom. The van der Waals surface area contributed by atoms with Gasteiger partial charge in [0.05, 0.1) is 23.7 Å². The molecule has 136 valence electrons. The fraction of sp³-hybridized carbons (Fsp3) is 0.0526. The van der Waals surface area contributed by atoms with E-state index in [0.29, 0.717) is 20.9 Å². The minimum absolute atomic E-state index is 0.253. The van der Waals surface area contributed by atoms with Gasteiger partial charge in [0.2, 0.25) is 0 Å². The molecule has 0 bridgehead atoms. The summed E-state index contributed by atoms with van der Waals surface area (Å²) in [6.07, 6.45) is 3.69. The van der Waals surface area contributed by atoms with Crippen molar-refractivity contribution in [1.29, 1.82) is 0 Å². The topological polar surface area (TPSA) is 84.0 Å². The van der Waals surface area contributed by atoms with Crippen LogP contribution in [0.4, 0.5) is 10.6 Å². The highest BCUT2D eigenvalue weighted by Gasteiger charge is 2.16. The largest absolute Gasteiger partial charge is 0.327 e. The number of rotatable bonds is 4. The number of carbonyl (C=O) groups is 2. The minimum atomic E-state index is -0.687. The molecule has 1 heterocycles. The third kappa shape index (κ3) is 5.21.